The van der Waals surface area contributed by atoms with Crippen LogP contribution >= 0.6 is 0 Å². The van der Waals surface area contributed by atoms with Crippen molar-refractivity contribution >= 4 is 5.91 Å². The molecule has 1 N–H and O–H groups in total. The normalized spacial score (nSPS) is 30.4. The lowest BCUT2D eigenvalue weighted by Gasteiger charge is -2.29. The van der Waals surface area contributed by atoms with Crippen LogP contribution < -0.4 is 5.32 Å². The molecule has 1 saturated heterocycles. The van der Waals surface area contributed by atoms with Crippen LogP contribution in [0.3, 0.4) is 0 Å². The highest BCUT2D eigenvalue weighted by atomic mass is 16.2. The maximum atomic E-state index is 12.5. The van der Waals surface area contributed by atoms with Crippen LogP contribution in [0.1, 0.15) is 40.0 Å². The molecule has 0 aromatic carbocycles. The molecule has 0 aromatic rings. The Labute approximate surface area is 116 Å². The topological polar surface area (TPSA) is 32.3 Å². The molecule has 2 aliphatic rings. The summed E-state index contributed by atoms with van der Waals surface area (Å²) in [6.45, 7) is 7.31. The fourth-order valence-corrected chi connectivity index (χ4v) is 3.01. The number of amides is 1. The first-order valence-corrected chi connectivity index (χ1v) is 7.31. The van der Waals surface area contributed by atoms with Gasteiger partial charge in [-0.1, -0.05) is 32.1 Å². The van der Waals surface area contributed by atoms with Gasteiger partial charge in [0.25, 0.3) is 0 Å². The summed E-state index contributed by atoms with van der Waals surface area (Å²) >= 11 is 0. The summed E-state index contributed by atoms with van der Waals surface area (Å²) in [5, 5.41) is 3.16. The van der Waals surface area contributed by atoms with Gasteiger partial charge in [0, 0.05) is 18.0 Å². The number of carbonyl (C=O) groups excluding carboxylic acids is 1. The van der Waals surface area contributed by atoms with Crippen LogP contribution in [0.25, 0.3) is 0 Å². The second kappa shape index (κ2) is 5.49. The number of hydrogen-bond donors (Lipinski definition) is 1. The number of carbonyl (C=O) groups is 1. The Hall–Kier alpha value is -1.09. The van der Waals surface area contributed by atoms with Crippen molar-refractivity contribution in [3.8, 4) is 0 Å². The molecule has 19 heavy (non-hydrogen) atoms. The molecule has 0 bridgehead atoms. The Balaban J connectivity index is 2.12. The summed E-state index contributed by atoms with van der Waals surface area (Å²) in [5.41, 5.74) is 1.40. The molecule has 1 aliphatic carbocycles. The second-order valence-electron chi connectivity index (χ2n) is 6.46. The molecule has 0 radical (unpaired) electrons. The third kappa shape index (κ3) is 3.27. The minimum Gasteiger partial charge on any atom is -0.334 e. The predicted molar refractivity (Wildman–Crippen MR) is 78.9 cm³/mol. The number of hydrogen-bond acceptors (Lipinski definition) is 2. The second-order valence-corrected chi connectivity index (χ2v) is 6.46. The highest BCUT2D eigenvalue weighted by Gasteiger charge is 2.30. The molecular weight excluding hydrogens is 236 g/mol. The third-order valence-electron chi connectivity index (χ3n) is 4.21. The number of nitrogens with zero attached hydrogens (tertiary/aromatic N) is 1. The van der Waals surface area contributed by atoms with Crippen LogP contribution in [0.2, 0.25) is 0 Å². The molecule has 0 aromatic heterocycles. The SMILES string of the molecule is CNC1CCCC(C)N(CC2=CC(C)(C)C=C2)C1=O. The van der Waals surface area contributed by atoms with Gasteiger partial charge >= 0.3 is 0 Å². The van der Waals surface area contributed by atoms with E-state index in [1.807, 2.05) is 11.9 Å². The van der Waals surface area contributed by atoms with Crippen LogP contribution in [0, 0.1) is 5.41 Å². The zero-order valence-electron chi connectivity index (χ0n) is 12.6. The van der Waals surface area contributed by atoms with Gasteiger partial charge in [-0.3, -0.25) is 4.79 Å². The largest absolute Gasteiger partial charge is 0.334 e. The summed E-state index contributed by atoms with van der Waals surface area (Å²) < 4.78 is 0. The van der Waals surface area contributed by atoms with Crippen molar-refractivity contribution < 1.29 is 4.79 Å². The number of rotatable bonds is 3. The van der Waals surface area contributed by atoms with Crippen LogP contribution in [-0.4, -0.2) is 36.5 Å². The van der Waals surface area contributed by atoms with Crippen LogP contribution in [0.4, 0.5) is 0 Å². The van der Waals surface area contributed by atoms with Gasteiger partial charge in [0.2, 0.25) is 5.91 Å². The van der Waals surface area contributed by atoms with Crippen molar-refractivity contribution in [1.29, 1.82) is 0 Å². The van der Waals surface area contributed by atoms with Gasteiger partial charge in [-0.2, -0.15) is 0 Å². The Morgan fingerprint density at radius 3 is 2.74 bits per heavy atom. The minimum absolute atomic E-state index is 0.0102. The average molecular weight is 262 g/mol. The smallest absolute Gasteiger partial charge is 0.240 e. The van der Waals surface area contributed by atoms with Gasteiger partial charge in [0.15, 0.2) is 0 Å². The first-order chi connectivity index (χ1) is 8.93. The predicted octanol–water partition coefficient (Wildman–Crippen LogP) is 2.50. The van der Waals surface area contributed by atoms with E-state index in [4.69, 9.17) is 0 Å². The van der Waals surface area contributed by atoms with Crippen LogP contribution in [0.15, 0.2) is 23.8 Å². The maximum Gasteiger partial charge on any atom is 0.240 e. The van der Waals surface area contributed by atoms with E-state index in [1.54, 1.807) is 0 Å². The van der Waals surface area contributed by atoms with Gasteiger partial charge in [-0.15, -0.1) is 0 Å². The summed E-state index contributed by atoms with van der Waals surface area (Å²) in [4.78, 5) is 14.6. The number of likely N-dealkylation sites (tertiary alicyclic amines) is 1. The van der Waals surface area contributed by atoms with E-state index in [1.165, 1.54) is 5.57 Å². The van der Waals surface area contributed by atoms with Crippen molar-refractivity contribution in [2.45, 2.75) is 52.1 Å². The lowest BCUT2D eigenvalue weighted by atomic mass is 9.96. The third-order valence-corrected chi connectivity index (χ3v) is 4.21. The molecule has 2 rings (SSSR count). The molecule has 1 amide bonds. The number of nitrogens with one attached hydrogen (secondary N) is 1. The van der Waals surface area contributed by atoms with Gasteiger partial charge in [0.05, 0.1) is 6.04 Å². The summed E-state index contributed by atoms with van der Waals surface area (Å²) in [6.07, 6.45) is 9.83. The van der Waals surface area contributed by atoms with E-state index in [-0.39, 0.29) is 17.4 Å². The van der Waals surface area contributed by atoms with Crippen molar-refractivity contribution in [2.75, 3.05) is 13.6 Å². The van der Waals surface area contributed by atoms with E-state index in [2.05, 4.69) is 44.3 Å². The monoisotopic (exact) mass is 262 g/mol. The lowest BCUT2D eigenvalue weighted by molar-refractivity contribution is -0.134. The fraction of sp³-hybridized carbons (Fsp3) is 0.688. The molecule has 106 valence electrons. The van der Waals surface area contributed by atoms with Crippen LogP contribution in [0.5, 0.6) is 0 Å². The summed E-state index contributed by atoms with van der Waals surface area (Å²) in [6, 6.07) is 0.327. The van der Waals surface area contributed by atoms with E-state index in [0.717, 1.165) is 25.8 Å². The molecule has 2 unspecified atom stereocenters. The molecule has 1 heterocycles. The zero-order chi connectivity index (χ0) is 14.0. The Morgan fingerprint density at radius 1 is 1.42 bits per heavy atom. The molecule has 2 atom stereocenters. The lowest BCUT2D eigenvalue weighted by Crippen LogP contribution is -2.47. The van der Waals surface area contributed by atoms with E-state index < -0.39 is 0 Å². The van der Waals surface area contributed by atoms with Gasteiger partial charge in [0.1, 0.15) is 0 Å². The van der Waals surface area contributed by atoms with Crippen molar-refractivity contribution in [2.24, 2.45) is 5.41 Å². The Morgan fingerprint density at radius 2 is 2.16 bits per heavy atom. The summed E-state index contributed by atoms with van der Waals surface area (Å²) in [5.74, 6) is 0.256. The molecule has 3 heteroatoms. The van der Waals surface area contributed by atoms with Gasteiger partial charge < -0.3 is 10.2 Å². The van der Waals surface area contributed by atoms with E-state index in [0.29, 0.717) is 6.04 Å². The molecule has 0 spiro atoms. The maximum absolute atomic E-state index is 12.5. The van der Waals surface area contributed by atoms with Crippen LogP contribution in [-0.2, 0) is 4.79 Å². The Bertz CT molecular complexity index is 409. The highest BCUT2D eigenvalue weighted by molar-refractivity contribution is 5.82. The van der Waals surface area contributed by atoms with E-state index >= 15 is 0 Å². The van der Waals surface area contributed by atoms with Crippen molar-refractivity contribution in [1.82, 2.24) is 10.2 Å². The van der Waals surface area contributed by atoms with Gasteiger partial charge in [-0.25, -0.2) is 0 Å². The first-order valence-electron chi connectivity index (χ1n) is 7.31. The van der Waals surface area contributed by atoms with Crippen molar-refractivity contribution in [3.63, 3.8) is 0 Å². The number of allylic oxidation sites excluding steroid dienone is 2. The fourth-order valence-electron chi connectivity index (χ4n) is 3.01. The minimum atomic E-state index is -0.0102. The standard InChI is InChI=1S/C16H26N2O/c1-12-6-5-7-14(17-4)15(19)18(12)11-13-8-9-16(2,3)10-13/h8-10,12,14,17H,5-7,11H2,1-4H3. The number of likely N-dealkylation sites (N-methyl/N-ethyl adjacent to an activating group) is 1. The Kier molecular flexibility index (Phi) is 4.14. The molecule has 1 fully saturated rings. The summed E-state index contributed by atoms with van der Waals surface area (Å²) in [7, 11) is 1.88. The first kappa shape index (κ1) is 14.3. The zero-order valence-corrected chi connectivity index (χ0v) is 12.6. The highest BCUT2D eigenvalue weighted by Crippen LogP contribution is 2.29. The quantitative estimate of drug-likeness (QED) is 0.847. The molecule has 1 aliphatic heterocycles. The van der Waals surface area contributed by atoms with Gasteiger partial charge in [-0.05, 0) is 38.8 Å². The average Bonchev–Trinajstić information content (AvgIpc) is 2.63. The van der Waals surface area contributed by atoms with Crippen molar-refractivity contribution in [3.05, 3.63) is 23.8 Å². The molecule has 0 saturated carbocycles. The molecule has 3 nitrogen and oxygen atoms in total. The van der Waals surface area contributed by atoms with E-state index in [9.17, 15) is 4.79 Å². The molecular formula is C16H26N2O.